The Hall–Kier alpha value is -4.37. The minimum atomic E-state index is -0.503. The monoisotopic (exact) mass is 507 g/mol. The first-order chi connectivity index (χ1) is 18.7. The molecule has 38 heavy (non-hydrogen) atoms. The first-order valence-electron chi connectivity index (χ1n) is 13.0. The summed E-state index contributed by atoms with van der Waals surface area (Å²) in [6, 6.07) is 19.9. The topological polar surface area (TPSA) is 109 Å². The number of nitrogens with zero attached hydrogens (tertiary/aromatic N) is 5. The van der Waals surface area contributed by atoms with Crippen LogP contribution in [0.15, 0.2) is 73.1 Å². The van der Waals surface area contributed by atoms with E-state index in [0.29, 0.717) is 24.4 Å². The molecular formula is C29H29N7O2. The van der Waals surface area contributed by atoms with Gasteiger partial charge in [-0.25, -0.2) is 9.78 Å². The van der Waals surface area contributed by atoms with Crippen molar-refractivity contribution in [2.75, 3.05) is 13.1 Å². The lowest BCUT2D eigenvalue weighted by Gasteiger charge is -2.34. The molecule has 2 aromatic carbocycles. The number of hydrogen-bond acceptors (Lipinski definition) is 7. The lowest BCUT2D eigenvalue weighted by Crippen LogP contribution is -2.35. The molecule has 1 aliphatic rings. The average molecular weight is 508 g/mol. The Bertz CT molecular complexity index is 1530. The van der Waals surface area contributed by atoms with Crippen molar-refractivity contribution in [3.63, 3.8) is 0 Å². The van der Waals surface area contributed by atoms with E-state index in [0.717, 1.165) is 60.2 Å². The highest BCUT2D eigenvalue weighted by molar-refractivity contribution is 5.86. The van der Waals surface area contributed by atoms with Crippen molar-refractivity contribution in [3.8, 4) is 5.75 Å². The van der Waals surface area contributed by atoms with Crippen LogP contribution in [0.4, 0.5) is 4.79 Å². The summed E-state index contributed by atoms with van der Waals surface area (Å²) < 4.78 is 5.54. The van der Waals surface area contributed by atoms with E-state index in [1.807, 2.05) is 60.8 Å². The highest BCUT2D eigenvalue weighted by atomic mass is 16.6. The lowest BCUT2D eigenvalue weighted by molar-refractivity contribution is 0.159. The summed E-state index contributed by atoms with van der Waals surface area (Å²) in [7, 11) is 0. The third-order valence-electron chi connectivity index (χ3n) is 7.00. The van der Waals surface area contributed by atoms with Gasteiger partial charge in [-0.15, -0.1) is 0 Å². The van der Waals surface area contributed by atoms with Crippen LogP contribution in [-0.4, -0.2) is 49.2 Å². The fourth-order valence-electron chi connectivity index (χ4n) is 5.23. The molecule has 9 heteroatoms. The normalized spacial score (nSPS) is 15.0. The van der Waals surface area contributed by atoms with Gasteiger partial charge in [0.15, 0.2) is 5.75 Å². The zero-order valence-corrected chi connectivity index (χ0v) is 21.0. The number of pyridine rings is 1. The maximum Gasteiger partial charge on any atom is 0.412 e. The molecule has 0 spiro atoms. The van der Waals surface area contributed by atoms with E-state index in [1.165, 1.54) is 11.8 Å². The van der Waals surface area contributed by atoms with Crippen LogP contribution in [0.3, 0.4) is 0 Å². The molecule has 2 N–H and O–H groups in total. The van der Waals surface area contributed by atoms with E-state index < -0.39 is 6.09 Å². The fourth-order valence-corrected chi connectivity index (χ4v) is 5.23. The molecule has 5 aromatic rings. The van der Waals surface area contributed by atoms with Gasteiger partial charge in [0.25, 0.3) is 0 Å². The van der Waals surface area contributed by atoms with E-state index in [-0.39, 0.29) is 6.04 Å². The largest absolute Gasteiger partial charge is 0.412 e. The third-order valence-corrected chi connectivity index (χ3v) is 7.00. The SMILES string of the molecule is O=C(NCCCN(Cc1nc2ccccc2[nH]1)C1CCCc2cccnc21)Oc1cnnc2ccccc12. The number of aromatic nitrogens is 5. The molecule has 0 saturated carbocycles. The van der Waals surface area contributed by atoms with Crippen molar-refractivity contribution < 1.29 is 9.53 Å². The number of aromatic amines is 1. The standard InChI is InChI=1S/C29H29N7O2/c37-29(38-26-18-32-35-22-11-2-1-10-21(22)26)31-16-7-17-36(19-27-33-23-12-3-4-13-24(23)34-27)25-14-5-8-20-9-6-15-30-28(20)25/h1-4,6,9-13,15,18,25H,5,7-8,14,16-17,19H2,(H,31,37)(H,33,34). The first-order valence-corrected chi connectivity index (χ1v) is 13.0. The van der Waals surface area contributed by atoms with Crippen LogP contribution in [0, 0.1) is 0 Å². The molecule has 6 rings (SSSR count). The molecule has 0 radical (unpaired) electrons. The zero-order valence-electron chi connectivity index (χ0n) is 21.0. The average Bonchev–Trinajstić information content (AvgIpc) is 3.37. The van der Waals surface area contributed by atoms with Crippen LogP contribution >= 0.6 is 0 Å². The van der Waals surface area contributed by atoms with Gasteiger partial charge in [-0.3, -0.25) is 9.88 Å². The number of fused-ring (bicyclic) bond motifs is 3. The number of carbonyl (C=O) groups excluding carboxylic acids is 1. The van der Waals surface area contributed by atoms with Crippen LogP contribution in [0.25, 0.3) is 21.9 Å². The Labute approximate surface area is 220 Å². The molecule has 0 aliphatic heterocycles. The summed E-state index contributed by atoms with van der Waals surface area (Å²) in [6.45, 7) is 1.93. The maximum absolute atomic E-state index is 12.5. The molecule has 0 fully saturated rings. The van der Waals surface area contributed by atoms with Crippen molar-refractivity contribution in [1.29, 1.82) is 0 Å². The molecule has 9 nitrogen and oxygen atoms in total. The van der Waals surface area contributed by atoms with Gasteiger partial charge in [0.1, 0.15) is 5.82 Å². The second-order valence-corrected chi connectivity index (χ2v) is 9.52. The number of H-pyrrole nitrogens is 1. The Kier molecular flexibility index (Phi) is 6.91. The Morgan fingerprint density at radius 2 is 1.95 bits per heavy atom. The van der Waals surface area contributed by atoms with E-state index in [2.05, 4.69) is 31.5 Å². The van der Waals surface area contributed by atoms with Gasteiger partial charge < -0.3 is 15.0 Å². The van der Waals surface area contributed by atoms with Crippen LogP contribution in [0.2, 0.25) is 0 Å². The first kappa shape index (κ1) is 24.0. The summed E-state index contributed by atoms with van der Waals surface area (Å²) in [6.07, 6.45) is 6.82. The third kappa shape index (κ3) is 5.19. The van der Waals surface area contributed by atoms with E-state index >= 15 is 0 Å². The van der Waals surface area contributed by atoms with Gasteiger partial charge in [0, 0.05) is 24.7 Å². The fraction of sp³-hybridized carbons (Fsp3) is 0.276. The molecule has 1 aliphatic carbocycles. The quantitative estimate of drug-likeness (QED) is 0.286. The molecule has 1 amide bonds. The maximum atomic E-state index is 12.5. The van der Waals surface area contributed by atoms with E-state index in [9.17, 15) is 4.79 Å². The summed E-state index contributed by atoms with van der Waals surface area (Å²) in [5.41, 5.74) is 5.15. The number of nitrogens with one attached hydrogen (secondary N) is 2. The van der Waals surface area contributed by atoms with Crippen molar-refractivity contribution in [2.45, 2.75) is 38.3 Å². The van der Waals surface area contributed by atoms with Gasteiger partial charge in [0.05, 0.1) is 41.0 Å². The van der Waals surface area contributed by atoms with Gasteiger partial charge in [-0.1, -0.05) is 30.3 Å². The van der Waals surface area contributed by atoms with E-state index in [4.69, 9.17) is 14.7 Å². The smallest absolute Gasteiger partial charge is 0.408 e. The summed E-state index contributed by atoms with van der Waals surface area (Å²) in [5.74, 6) is 1.32. The molecule has 3 aromatic heterocycles. The number of aryl methyl sites for hydroxylation is 1. The second kappa shape index (κ2) is 10.9. The molecular weight excluding hydrogens is 478 g/mol. The van der Waals surface area contributed by atoms with Crippen molar-refractivity contribution in [3.05, 3.63) is 90.1 Å². The second-order valence-electron chi connectivity index (χ2n) is 9.52. The Morgan fingerprint density at radius 3 is 2.87 bits per heavy atom. The number of hydrogen-bond donors (Lipinski definition) is 2. The molecule has 1 atom stereocenters. The number of para-hydroxylation sites is 2. The van der Waals surface area contributed by atoms with Crippen LogP contribution in [-0.2, 0) is 13.0 Å². The van der Waals surface area contributed by atoms with E-state index in [1.54, 1.807) is 0 Å². The summed E-state index contributed by atoms with van der Waals surface area (Å²) >= 11 is 0. The van der Waals surface area contributed by atoms with Crippen LogP contribution in [0.5, 0.6) is 5.75 Å². The van der Waals surface area contributed by atoms with Gasteiger partial charge >= 0.3 is 6.09 Å². The molecule has 192 valence electrons. The molecule has 0 saturated heterocycles. The number of carbonyl (C=O) groups is 1. The number of amides is 1. The van der Waals surface area contributed by atoms with Gasteiger partial charge in [0.2, 0.25) is 0 Å². The Morgan fingerprint density at radius 1 is 1.08 bits per heavy atom. The Balaban J connectivity index is 1.12. The van der Waals surface area contributed by atoms with Crippen LogP contribution in [0.1, 0.15) is 42.4 Å². The van der Waals surface area contributed by atoms with Gasteiger partial charge in [-0.05, 0) is 61.6 Å². The number of ether oxygens (including phenoxy) is 1. The minimum Gasteiger partial charge on any atom is -0.408 e. The number of imidazole rings is 1. The lowest BCUT2D eigenvalue weighted by atomic mass is 9.90. The zero-order chi connectivity index (χ0) is 25.7. The molecule has 1 unspecified atom stereocenters. The summed E-state index contributed by atoms with van der Waals surface area (Å²) in [5, 5.41) is 11.6. The van der Waals surface area contributed by atoms with Crippen LogP contribution < -0.4 is 10.1 Å². The van der Waals surface area contributed by atoms with Gasteiger partial charge in [-0.2, -0.15) is 10.2 Å². The highest BCUT2D eigenvalue weighted by Gasteiger charge is 2.27. The molecule has 0 bridgehead atoms. The number of rotatable bonds is 8. The van der Waals surface area contributed by atoms with Crippen molar-refractivity contribution in [2.24, 2.45) is 0 Å². The predicted molar refractivity (Wildman–Crippen MR) is 145 cm³/mol. The minimum absolute atomic E-state index is 0.203. The molecule has 3 heterocycles. The summed E-state index contributed by atoms with van der Waals surface area (Å²) in [4.78, 5) is 28.0. The van der Waals surface area contributed by atoms with Crippen molar-refractivity contribution in [1.82, 2.24) is 35.4 Å². The predicted octanol–water partition coefficient (Wildman–Crippen LogP) is 4.96. The number of benzene rings is 2. The highest BCUT2D eigenvalue weighted by Crippen LogP contribution is 2.33. The van der Waals surface area contributed by atoms with Crippen molar-refractivity contribution >= 4 is 28.0 Å².